The maximum atomic E-state index is 5.95. The Kier molecular flexibility index (Phi) is 2.43. The van der Waals surface area contributed by atoms with E-state index >= 15 is 0 Å². The predicted molar refractivity (Wildman–Crippen MR) is 80.5 cm³/mol. The van der Waals surface area contributed by atoms with E-state index in [0.717, 1.165) is 28.8 Å². The van der Waals surface area contributed by atoms with E-state index in [0.29, 0.717) is 17.2 Å². The Morgan fingerprint density at radius 2 is 2.00 bits per heavy atom. The number of hydrogen-bond donors (Lipinski definition) is 3. The molecule has 0 spiro atoms. The quantitative estimate of drug-likeness (QED) is 0.635. The van der Waals surface area contributed by atoms with Crippen molar-refractivity contribution in [2.24, 2.45) is 0 Å². The summed E-state index contributed by atoms with van der Waals surface area (Å²) in [5.74, 6) is 0.844. The third-order valence-corrected chi connectivity index (χ3v) is 5.01. The van der Waals surface area contributed by atoms with E-state index in [4.69, 9.17) is 11.5 Å². The lowest BCUT2D eigenvalue weighted by atomic mass is 9.95. The molecule has 1 aliphatic carbocycles. The third kappa shape index (κ3) is 1.53. The number of nitrogens with one attached hydrogen (secondary N) is 1. The summed E-state index contributed by atoms with van der Waals surface area (Å²) in [6.45, 7) is 0. The maximum Gasteiger partial charge on any atom is 0.156 e. The number of aromatic nitrogens is 4. The smallest absolute Gasteiger partial charge is 0.156 e. The number of hydrogen-bond acceptors (Lipinski definition) is 6. The molecule has 3 aromatic heterocycles. The Morgan fingerprint density at radius 3 is 2.80 bits per heavy atom. The monoisotopic (exact) mass is 286 g/mol. The van der Waals surface area contributed by atoms with Crippen LogP contribution in [0.15, 0.2) is 6.33 Å². The molecule has 20 heavy (non-hydrogen) atoms. The van der Waals surface area contributed by atoms with E-state index in [1.54, 1.807) is 17.7 Å². The number of anilines is 2. The fourth-order valence-electron chi connectivity index (χ4n) is 2.90. The van der Waals surface area contributed by atoms with Gasteiger partial charge in [0.1, 0.15) is 17.0 Å². The van der Waals surface area contributed by atoms with Crippen LogP contribution in [-0.4, -0.2) is 20.2 Å². The molecule has 0 amide bonds. The minimum Gasteiger partial charge on any atom is -0.383 e. The number of nitrogens with zero attached hydrogens (tertiary/aromatic N) is 3. The minimum atomic E-state index is 0.387. The zero-order valence-electron chi connectivity index (χ0n) is 10.8. The highest BCUT2D eigenvalue weighted by Gasteiger charge is 2.23. The molecule has 0 atom stereocenters. The van der Waals surface area contributed by atoms with Gasteiger partial charge < -0.3 is 11.5 Å². The first-order valence-electron chi connectivity index (χ1n) is 6.60. The Hall–Kier alpha value is -2.15. The van der Waals surface area contributed by atoms with Gasteiger partial charge in [0.2, 0.25) is 0 Å². The van der Waals surface area contributed by atoms with Crippen LogP contribution in [-0.2, 0) is 12.8 Å². The molecule has 5 N–H and O–H groups in total. The Labute approximate surface area is 119 Å². The molecule has 0 aliphatic heterocycles. The second-order valence-corrected chi connectivity index (χ2v) is 6.09. The van der Waals surface area contributed by atoms with E-state index in [1.165, 1.54) is 23.3 Å². The number of thiophene rings is 1. The standard InChI is InChI=1S/C13H14N6S/c14-11-9(12(15)19-18-11)10-8-6-3-1-2-4-7(6)20-13(8)17-5-16-10/h5H,1-4H2,(H5,14,15,18,19). The molecule has 0 radical (unpaired) electrons. The zero-order chi connectivity index (χ0) is 13.7. The van der Waals surface area contributed by atoms with Gasteiger partial charge in [0.05, 0.1) is 11.3 Å². The summed E-state index contributed by atoms with van der Waals surface area (Å²) in [6.07, 6.45) is 6.24. The molecule has 0 unspecified atom stereocenters. The lowest BCUT2D eigenvalue weighted by Gasteiger charge is -2.11. The molecule has 0 saturated heterocycles. The second kappa shape index (κ2) is 4.17. The van der Waals surface area contributed by atoms with Gasteiger partial charge in [-0.25, -0.2) is 9.97 Å². The molecule has 7 heteroatoms. The molecule has 4 rings (SSSR count). The highest BCUT2D eigenvalue weighted by atomic mass is 32.1. The highest BCUT2D eigenvalue weighted by molar-refractivity contribution is 7.18. The summed E-state index contributed by atoms with van der Waals surface area (Å²) >= 11 is 1.76. The summed E-state index contributed by atoms with van der Waals surface area (Å²) in [5, 5.41) is 7.79. The number of fused-ring (bicyclic) bond motifs is 3. The van der Waals surface area contributed by atoms with E-state index in [2.05, 4.69) is 20.2 Å². The average Bonchev–Trinajstić information content (AvgIpc) is 2.99. The van der Waals surface area contributed by atoms with Gasteiger partial charge in [-0.05, 0) is 31.2 Å². The zero-order valence-corrected chi connectivity index (χ0v) is 11.6. The largest absolute Gasteiger partial charge is 0.383 e. The molecular weight excluding hydrogens is 272 g/mol. The first-order chi connectivity index (χ1) is 9.75. The van der Waals surface area contributed by atoms with Gasteiger partial charge in [-0.1, -0.05) is 0 Å². The van der Waals surface area contributed by atoms with Crippen molar-refractivity contribution in [2.75, 3.05) is 11.5 Å². The Bertz CT molecular complexity index is 783. The van der Waals surface area contributed by atoms with Gasteiger partial charge in [-0.3, -0.25) is 5.10 Å². The number of nitrogen functional groups attached to an aromatic ring is 2. The molecule has 102 valence electrons. The topological polar surface area (TPSA) is 106 Å². The fourth-order valence-corrected chi connectivity index (χ4v) is 4.13. The first-order valence-corrected chi connectivity index (χ1v) is 7.42. The van der Waals surface area contributed by atoms with Gasteiger partial charge in [0, 0.05) is 10.3 Å². The summed E-state index contributed by atoms with van der Waals surface area (Å²) in [6, 6.07) is 0. The van der Waals surface area contributed by atoms with E-state index in [9.17, 15) is 0 Å². The molecular formula is C13H14N6S. The molecule has 0 aromatic carbocycles. The van der Waals surface area contributed by atoms with Gasteiger partial charge >= 0.3 is 0 Å². The maximum absolute atomic E-state index is 5.95. The van der Waals surface area contributed by atoms with E-state index < -0.39 is 0 Å². The van der Waals surface area contributed by atoms with E-state index in [1.807, 2.05) is 0 Å². The summed E-state index contributed by atoms with van der Waals surface area (Å²) < 4.78 is 0. The van der Waals surface area contributed by atoms with Crippen molar-refractivity contribution in [1.82, 2.24) is 20.2 Å². The van der Waals surface area contributed by atoms with Crippen LogP contribution in [0.3, 0.4) is 0 Å². The molecule has 3 aromatic rings. The number of nitrogens with two attached hydrogens (primary N) is 2. The fraction of sp³-hybridized carbons (Fsp3) is 0.308. The number of aryl methyl sites for hydroxylation is 2. The predicted octanol–water partition coefficient (Wildman–Crippen LogP) is 2.12. The van der Waals surface area contributed by atoms with Gasteiger partial charge in [0.15, 0.2) is 5.82 Å². The normalized spacial score (nSPS) is 14.6. The highest BCUT2D eigenvalue weighted by Crippen LogP contribution is 2.41. The van der Waals surface area contributed by atoms with Gasteiger partial charge in [-0.2, -0.15) is 5.10 Å². The lowest BCUT2D eigenvalue weighted by Crippen LogP contribution is -2.00. The summed E-state index contributed by atoms with van der Waals surface area (Å²) in [5.41, 5.74) is 14.8. The molecule has 0 bridgehead atoms. The van der Waals surface area contributed by atoms with Crippen LogP contribution in [0.25, 0.3) is 21.5 Å². The van der Waals surface area contributed by atoms with Crippen LogP contribution >= 0.6 is 11.3 Å². The van der Waals surface area contributed by atoms with Crippen molar-refractivity contribution >= 4 is 33.2 Å². The van der Waals surface area contributed by atoms with Crippen LogP contribution < -0.4 is 11.5 Å². The van der Waals surface area contributed by atoms with Crippen molar-refractivity contribution in [2.45, 2.75) is 25.7 Å². The summed E-state index contributed by atoms with van der Waals surface area (Å²) in [4.78, 5) is 11.3. The minimum absolute atomic E-state index is 0.387. The van der Waals surface area contributed by atoms with Gasteiger partial charge in [-0.15, -0.1) is 11.3 Å². The molecule has 1 aliphatic rings. The molecule has 0 saturated carbocycles. The van der Waals surface area contributed by atoms with Crippen LogP contribution in [0.4, 0.5) is 11.6 Å². The van der Waals surface area contributed by atoms with Crippen molar-refractivity contribution in [3.05, 3.63) is 16.8 Å². The molecule has 3 heterocycles. The molecule has 6 nitrogen and oxygen atoms in total. The van der Waals surface area contributed by atoms with Crippen molar-refractivity contribution in [1.29, 1.82) is 0 Å². The van der Waals surface area contributed by atoms with Crippen molar-refractivity contribution in [3.8, 4) is 11.3 Å². The Balaban J connectivity index is 2.07. The van der Waals surface area contributed by atoms with Gasteiger partial charge in [0.25, 0.3) is 0 Å². The lowest BCUT2D eigenvalue weighted by molar-refractivity contribution is 0.700. The van der Waals surface area contributed by atoms with Crippen LogP contribution in [0.5, 0.6) is 0 Å². The second-order valence-electron chi connectivity index (χ2n) is 5.01. The summed E-state index contributed by atoms with van der Waals surface area (Å²) in [7, 11) is 0. The van der Waals surface area contributed by atoms with Crippen molar-refractivity contribution < 1.29 is 0 Å². The molecule has 0 fully saturated rings. The number of H-pyrrole nitrogens is 1. The van der Waals surface area contributed by atoms with Crippen molar-refractivity contribution in [3.63, 3.8) is 0 Å². The van der Waals surface area contributed by atoms with Crippen LogP contribution in [0, 0.1) is 0 Å². The average molecular weight is 286 g/mol. The first kappa shape index (κ1) is 11.7. The number of aromatic amines is 1. The van der Waals surface area contributed by atoms with Crippen LogP contribution in [0.1, 0.15) is 23.3 Å². The SMILES string of the molecule is Nc1n[nH]c(N)c1-c1ncnc2sc3c(c12)CCCC3. The Morgan fingerprint density at radius 1 is 1.15 bits per heavy atom. The third-order valence-electron chi connectivity index (χ3n) is 3.81. The van der Waals surface area contributed by atoms with E-state index in [-0.39, 0.29) is 0 Å². The number of rotatable bonds is 1. The van der Waals surface area contributed by atoms with Crippen LogP contribution in [0.2, 0.25) is 0 Å².